The molecule has 0 saturated carbocycles. The molecule has 48 heavy (non-hydrogen) atoms. The molecule has 0 radical (unpaired) electrons. The molecular formula is C38H43F3N4O3. The summed E-state index contributed by atoms with van der Waals surface area (Å²) >= 11 is 0. The Hall–Kier alpha value is -3.89. The van der Waals surface area contributed by atoms with E-state index in [0.717, 1.165) is 97.5 Å². The third kappa shape index (κ3) is 6.09. The van der Waals surface area contributed by atoms with Crippen LogP contribution >= 0.6 is 0 Å². The van der Waals surface area contributed by atoms with Crippen molar-refractivity contribution in [3.8, 4) is 11.1 Å². The van der Waals surface area contributed by atoms with Crippen LogP contribution in [0.25, 0.3) is 11.1 Å². The number of piperazine rings is 1. The van der Waals surface area contributed by atoms with E-state index in [0.29, 0.717) is 19.4 Å². The Bertz CT molecular complexity index is 1620. The van der Waals surface area contributed by atoms with Gasteiger partial charge in [-0.25, -0.2) is 0 Å². The molecule has 3 aromatic rings. The molecule has 7 nitrogen and oxygen atoms in total. The molecule has 0 spiro atoms. The predicted octanol–water partition coefficient (Wildman–Crippen LogP) is 6.15. The maximum Gasteiger partial charge on any atom is 0.405 e. The minimum atomic E-state index is -4.50. The van der Waals surface area contributed by atoms with Gasteiger partial charge in [-0.15, -0.1) is 0 Å². The number of carbonyl (C=O) groups excluding carboxylic acids is 2. The number of carbonyl (C=O) groups is 2. The number of hydrogen-bond donors (Lipinski definition) is 1. The first-order valence-electron chi connectivity index (χ1n) is 17.2. The lowest BCUT2D eigenvalue weighted by atomic mass is 9.73. The third-order valence-corrected chi connectivity index (χ3v) is 10.7. The van der Waals surface area contributed by atoms with Crippen LogP contribution in [-0.2, 0) is 21.4 Å². The molecule has 1 aliphatic carbocycles. The summed E-state index contributed by atoms with van der Waals surface area (Å²) in [5.74, 6) is -0.550. The summed E-state index contributed by atoms with van der Waals surface area (Å²) in [6.45, 7) is 5.37. The summed E-state index contributed by atoms with van der Waals surface area (Å²) in [6, 6.07) is 21.5. The molecule has 3 heterocycles. The Morgan fingerprint density at radius 3 is 2.27 bits per heavy atom. The summed E-state index contributed by atoms with van der Waals surface area (Å²) in [7, 11) is 0. The average molecular weight is 661 g/mol. The minimum absolute atomic E-state index is 0.0550. The van der Waals surface area contributed by atoms with Crippen molar-refractivity contribution >= 4 is 17.5 Å². The SMILES string of the molecule is CC1Cc2ccc(N3CCN(CCCC4(C(=O)NCC(F)(F)F)c5ccccc5-c5ccccc54)CC3)cc2C(=O)N1C1CCCCO1. The zero-order valence-electron chi connectivity index (χ0n) is 27.4. The normalized spacial score (nSPS) is 22.2. The predicted molar refractivity (Wildman–Crippen MR) is 179 cm³/mol. The fraction of sp³-hybridized carbons (Fsp3) is 0.474. The van der Waals surface area contributed by atoms with Gasteiger partial charge in [-0.2, -0.15) is 13.2 Å². The number of rotatable bonds is 8. The summed E-state index contributed by atoms with van der Waals surface area (Å²) in [5, 5.41) is 2.23. The smallest absolute Gasteiger partial charge is 0.369 e. The Labute approximate surface area is 280 Å². The van der Waals surface area contributed by atoms with E-state index >= 15 is 0 Å². The van der Waals surface area contributed by atoms with E-state index in [9.17, 15) is 22.8 Å². The fourth-order valence-corrected chi connectivity index (χ4v) is 8.33. The van der Waals surface area contributed by atoms with Crippen molar-refractivity contribution in [2.24, 2.45) is 0 Å². The van der Waals surface area contributed by atoms with Crippen LogP contribution in [0, 0.1) is 0 Å². The largest absolute Gasteiger partial charge is 0.405 e. The van der Waals surface area contributed by atoms with Crippen LogP contribution in [0.4, 0.5) is 18.9 Å². The molecule has 3 aromatic carbocycles. The monoisotopic (exact) mass is 660 g/mol. The molecule has 2 atom stereocenters. The van der Waals surface area contributed by atoms with E-state index in [1.54, 1.807) is 0 Å². The van der Waals surface area contributed by atoms with Gasteiger partial charge < -0.3 is 19.9 Å². The lowest BCUT2D eigenvalue weighted by molar-refractivity contribution is -0.141. The first-order valence-corrected chi connectivity index (χ1v) is 17.2. The zero-order chi connectivity index (χ0) is 33.5. The van der Waals surface area contributed by atoms with Gasteiger partial charge in [-0.3, -0.25) is 14.5 Å². The van der Waals surface area contributed by atoms with Crippen LogP contribution in [-0.4, -0.2) is 85.9 Å². The Balaban J connectivity index is 1.02. The van der Waals surface area contributed by atoms with Gasteiger partial charge in [0.05, 0.1) is 0 Å². The molecule has 2 fully saturated rings. The standard InChI is InChI=1S/C38H43F3N4O3/c1-26-23-27-14-15-28(24-31(27)35(46)45(26)34-13-6-7-22-48-34)44-20-18-43(19-21-44)17-8-16-37(36(47)42-25-38(39,40)41)32-11-4-2-9-29(32)30-10-3-5-12-33(30)37/h2-5,9-12,14-15,24,26,34H,6-8,13,16-23,25H2,1H3,(H,42,47). The fourth-order valence-electron chi connectivity index (χ4n) is 8.33. The van der Waals surface area contributed by atoms with E-state index in [4.69, 9.17) is 4.74 Å². The lowest BCUT2D eigenvalue weighted by Crippen LogP contribution is -2.52. The zero-order valence-corrected chi connectivity index (χ0v) is 27.4. The molecule has 0 bridgehead atoms. The number of alkyl halides is 3. The van der Waals surface area contributed by atoms with Crippen LogP contribution < -0.4 is 10.2 Å². The van der Waals surface area contributed by atoms with Gasteiger partial charge >= 0.3 is 6.18 Å². The van der Waals surface area contributed by atoms with E-state index in [1.165, 1.54) is 0 Å². The molecule has 254 valence electrons. The van der Waals surface area contributed by atoms with Gasteiger partial charge in [0, 0.05) is 50.1 Å². The number of ether oxygens (including phenoxy) is 1. The van der Waals surface area contributed by atoms with Crippen molar-refractivity contribution in [1.29, 1.82) is 0 Å². The van der Waals surface area contributed by atoms with E-state index in [1.807, 2.05) is 59.5 Å². The Morgan fingerprint density at radius 1 is 0.938 bits per heavy atom. The maximum absolute atomic E-state index is 13.8. The second-order valence-corrected chi connectivity index (χ2v) is 13.7. The van der Waals surface area contributed by atoms with Crippen molar-refractivity contribution in [2.75, 3.05) is 50.8 Å². The minimum Gasteiger partial charge on any atom is -0.369 e. The van der Waals surface area contributed by atoms with Crippen LogP contribution in [0.3, 0.4) is 0 Å². The van der Waals surface area contributed by atoms with E-state index in [-0.39, 0.29) is 18.2 Å². The van der Waals surface area contributed by atoms with Gasteiger partial charge in [0.25, 0.3) is 5.91 Å². The van der Waals surface area contributed by atoms with Crippen molar-refractivity contribution < 1.29 is 27.5 Å². The second kappa shape index (κ2) is 13.2. The first kappa shape index (κ1) is 32.6. The number of nitrogens with zero attached hydrogens (tertiary/aromatic N) is 3. The van der Waals surface area contributed by atoms with Crippen molar-refractivity contribution in [1.82, 2.24) is 15.1 Å². The number of amides is 2. The molecule has 3 aliphatic heterocycles. The molecule has 10 heteroatoms. The average Bonchev–Trinajstić information content (AvgIpc) is 3.38. The topological polar surface area (TPSA) is 65.1 Å². The third-order valence-electron chi connectivity index (χ3n) is 10.7. The number of anilines is 1. The Kier molecular flexibility index (Phi) is 8.98. The van der Waals surface area contributed by atoms with Gasteiger partial charge in [0.1, 0.15) is 18.2 Å². The van der Waals surface area contributed by atoms with Crippen LogP contribution in [0.2, 0.25) is 0 Å². The highest BCUT2D eigenvalue weighted by atomic mass is 19.4. The summed E-state index contributed by atoms with van der Waals surface area (Å²) in [5.41, 5.74) is 5.04. The second-order valence-electron chi connectivity index (χ2n) is 13.7. The number of benzene rings is 3. The van der Waals surface area contributed by atoms with Gasteiger partial charge in [-0.05, 0) is 91.9 Å². The molecule has 2 unspecified atom stereocenters. The molecular weight excluding hydrogens is 617 g/mol. The summed E-state index contributed by atoms with van der Waals surface area (Å²) in [4.78, 5) is 34.1. The molecule has 4 aliphatic rings. The van der Waals surface area contributed by atoms with Crippen LogP contribution in [0.1, 0.15) is 66.1 Å². The summed E-state index contributed by atoms with van der Waals surface area (Å²) < 4.78 is 45.7. The first-order chi connectivity index (χ1) is 23.2. The van der Waals surface area contributed by atoms with Gasteiger partial charge in [0.15, 0.2) is 0 Å². The highest BCUT2D eigenvalue weighted by Gasteiger charge is 2.49. The molecule has 2 saturated heterocycles. The molecule has 1 N–H and O–H groups in total. The maximum atomic E-state index is 13.8. The number of nitrogens with one attached hydrogen (secondary N) is 1. The quantitative estimate of drug-likeness (QED) is 0.314. The van der Waals surface area contributed by atoms with E-state index < -0.39 is 24.0 Å². The van der Waals surface area contributed by atoms with Crippen molar-refractivity contribution in [3.05, 3.63) is 89.0 Å². The number of hydrogen-bond acceptors (Lipinski definition) is 5. The number of halogens is 3. The number of fused-ring (bicyclic) bond motifs is 4. The van der Waals surface area contributed by atoms with Crippen LogP contribution in [0.5, 0.6) is 0 Å². The highest BCUT2D eigenvalue weighted by Crippen LogP contribution is 2.51. The Morgan fingerprint density at radius 2 is 1.62 bits per heavy atom. The molecule has 2 amide bonds. The van der Waals surface area contributed by atoms with Crippen LogP contribution in [0.15, 0.2) is 66.7 Å². The molecule has 7 rings (SSSR count). The lowest BCUT2D eigenvalue weighted by Gasteiger charge is -2.42. The van der Waals surface area contributed by atoms with E-state index in [2.05, 4.69) is 34.2 Å². The molecule has 0 aromatic heterocycles. The van der Waals surface area contributed by atoms with Gasteiger partial charge in [0.2, 0.25) is 5.91 Å². The van der Waals surface area contributed by atoms with Gasteiger partial charge in [-0.1, -0.05) is 54.6 Å². The highest BCUT2D eigenvalue weighted by molar-refractivity contribution is 6.00. The summed E-state index contributed by atoms with van der Waals surface area (Å²) in [6.07, 6.45) is 0.212. The van der Waals surface area contributed by atoms with Crippen molar-refractivity contribution in [3.63, 3.8) is 0 Å². The van der Waals surface area contributed by atoms with Crippen molar-refractivity contribution in [2.45, 2.75) is 69.3 Å².